The van der Waals surface area contributed by atoms with E-state index in [2.05, 4.69) is 217 Å². The second-order valence-corrected chi connectivity index (χ2v) is 14.7. The minimum absolute atomic E-state index is 0.0220. The van der Waals surface area contributed by atoms with Crippen LogP contribution in [0.15, 0.2) is 212 Å². The highest BCUT2D eigenvalue weighted by molar-refractivity contribution is 6.99. The van der Waals surface area contributed by atoms with Gasteiger partial charge in [-0.3, -0.25) is 0 Å². The summed E-state index contributed by atoms with van der Waals surface area (Å²) >= 11 is 0. The second kappa shape index (κ2) is 12.6. The van der Waals surface area contributed by atoms with Crippen LogP contribution in [0.2, 0.25) is 0 Å². The van der Waals surface area contributed by atoms with Crippen molar-refractivity contribution in [2.24, 2.45) is 0 Å². The van der Waals surface area contributed by atoms with Gasteiger partial charge < -0.3 is 4.90 Å². The third-order valence-corrected chi connectivity index (χ3v) is 11.7. The van der Waals surface area contributed by atoms with E-state index in [1.807, 2.05) is 0 Å². The molecule has 0 saturated carbocycles. The topological polar surface area (TPSA) is 16.1 Å². The molecule has 0 unspecified atom stereocenters. The molecule has 0 fully saturated rings. The highest BCUT2D eigenvalue weighted by Gasteiger charge is 2.46. The van der Waals surface area contributed by atoms with Crippen molar-refractivity contribution in [2.75, 3.05) is 4.90 Å². The Labute approximate surface area is 322 Å². The monoisotopic (exact) mass is 698 g/mol. The van der Waals surface area contributed by atoms with Gasteiger partial charge in [0, 0.05) is 5.69 Å². The summed E-state index contributed by atoms with van der Waals surface area (Å²) in [7, 11) is 0. The number of para-hydroxylation sites is 3. The molecule has 3 heterocycles. The first kappa shape index (κ1) is 31.6. The molecule has 0 bridgehead atoms. The van der Waals surface area contributed by atoms with E-state index < -0.39 is 5.41 Å². The van der Waals surface area contributed by atoms with Gasteiger partial charge in [0.15, 0.2) is 0 Å². The summed E-state index contributed by atoms with van der Waals surface area (Å²) in [6, 6.07) is 77.8. The van der Waals surface area contributed by atoms with Gasteiger partial charge in [0.25, 0.3) is 0 Å². The van der Waals surface area contributed by atoms with Crippen molar-refractivity contribution in [3.05, 3.63) is 235 Å². The van der Waals surface area contributed by atoms with E-state index in [9.17, 15) is 0 Å². The quantitative estimate of drug-likeness (QED) is 0.166. The summed E-state index contributed by atoms with van der Waals surface area (Å²) in [5, 5.41) is 1.16. The van der Waals surface area contributed by atoms with Gasteiger partial charge in [-0.1, -0.05) is 193 Å². The summed E-state index contributed by atoms with van der Waals surface area (Å²) in [6.07, 6.45) is 0. The number of fused-ring (bicyclic) bond motifs is 6. The summed E-state index contributed by atoms with van der Waals surface area (Å²) in [5.41, 5.74) is 17.4. The van der Waals surface area contributed by atoms with Crippen LogP contribution in [-0.2, 0) is 5.41 Å². The predicted molar refractivity (Wildman–Crippen MR) is 230 cm³/mol. The van der Waals surface area contributed by atoms with E-state index in [-0.39, 0.29) is 6.71 Å². The molecule has 0 spiro atoms. The first-order chi connectivity index (χ1) is 27.3. The number of anilines is 3. The van der Waals surface area contributed by atoms with Crippen LogP contribution in [0.3, 0.4) is 0 Å². The molecule has 2 aliphatic rings. The van der Waals surface area contributed by atoms with Gasteiger partial charge in [-0.05, 0) is 80.1 Å². The Morgan fingerprint density at radius 1 is 0.436 bits per heavy atom. The molecular formula is C52H35BN2. The van der Waals surface area contributed by atoms with E-state index >= 15 is 0 Å². The van der Waals surface area contributed by atoms with Crippen molar-refractivity contribution < 1.29 is 0 Å². The lowest BCUT2D eigenvalue weighted by Crippen LogP contribution is -2.49. The number of hydrogen-bond donors (Lipinski definition) is 0. The summed E-state index contributed by atoms with van der Waals surface area (Å²) in [5.74, 6) is 0. The van der Waals surface area contributed by atoms with Gasteiger partial charge in [-0.2, -0.15) is 0 Å². The van der Waals surface area contributed by atoms with Gasteiger partial charge >= 0.3 is 0 Å². The van der Waals surface area contributed by atoms with Gasteiger partial charge in [0.05, 0.1) is 28.0 Å². The fourth-order valence-electron chi connectivity index (χ4n) is 9.48. The van der Waals surface area contributed by atoms with E-state index in [0.29, 0.717) is 0 Å². The Hall–Kier alpha value is -6.97. The normalized spacial score (nSPS) is 13.5. The van der Waals surface area contributed by atoms with Crippen LogP contribution in [-0.4, -0.2) is 11.7 Å². The van der Waals surface area contributed by atoms with Gasteiger partial charge in [-0.15, -0.1) is 0 Å². The Morgan fingerprint density at radius 2 is 1.00 bits per heavy atom. The Bertz CT molecular complexity index is 2800. The first-order valence-electron chi connectivity index (χ1n) is 19.1. The standard InChI is InChI=1S/C52H35BN2/c1-4-18-36(19-5-1)38-32-41(53-46-28-14-11-25-43(46)51-47(53)34-37-20-10-15-29-48(37)54-51)35-42(33-38)55-49-30-16-12-26-44(49)52(39-21-6-2-7-22-39,40-23-8-3-9-24-40)45-27-13-17-31-50(45)55/h1-35H. The maximum Gasteiger partial charge on any atom is 0.245 e. The zero-order chi connectivity index (χ0) is 36.3. The number of hydrogen-bond acceptors (Lipinski definition) is 2. The molecule has 0 amide bonds. The SMILES string of the molecule is c1ccc(-c2cc(B3c4ccccc4-c4nc5ccccc5cc43)cc(N3c4ccccc4C(c4ccccc4)(c4ccccc4)c4ccccc43)c2)cc1. The molecule has 2 nitrogen and oxygen atoms in total. The average molecular weight is 699 g/mol. The molecule has 3 heteroatoms. The molecule has 256 valence electrons. The molecule has 0 aliphatic carbocycles. The lowest BCUT2D eigenvalue weighted by molar-refractivity contribution is 0.731. The largest absolute Gasteiger partial charge is 0.310 e. The second-order valence-electron chi connectivity index (χ2n) is 14.7. The molecule has 0 N–H and O–H groups in total. The molecule has 1 aromatic heterocycles. The summed E-state index contributed by atoms with van der Waals surface area (Å²) < 4.78 is 0. The van der Waals surface area contributed by atoms with Crippen molar-refractivity contribution in [2.45, 2.75) is 5.41 Å². The van der Waals surface area contributed by atoms with E-state index in [1.165, 1.54) is 66.7 Å². The van der Waals surface area contributed by atoms with Crippen LogP contribution >= 0.6 is 0 Å². The highest BCUT2D eigenvalue weighted by atomic mass is 15.2. The molecule has 0 radical (unpaired) electrons. The number of rotatable bonds is 5. The number of nitrogens with zero attached hydrogens (tertiary/aromatic N) is 2. The number of pyridine rings is 1. The highest BCUT2D eigenvalue weighted by Crippen LogP contribution is 2.57. The minimum atomic E-state index is -0.526. The number of benzene rings is 8. The van der Waals surface area contributed by atoms with Crippen molar-refractivity contribution in [1.82, 2.24) is 4.98 Å². The maximum atomic E-state index is 5.29. The van der Waals surface area contributed by atoms with Crippen molar-refractivity contribution in [1.29, 1.82) is 0 Å². The van der Waals surface area contributed by atoms with Gasteiger partial charge in [0.2, 0.25) is 6.71 Å². The summed E-state index contributed by atoms with van der Waals surface area (Å²) in [4.78, 5) is 7.79. The summed E-state index contributed by atoms with van der Waals surface area (Å²) in [6.45, 7) is 0.0220. The molecule has 0 atom stereocenters. The smallest absolute Gasteiger partial charge is 0.245 e. The van der Waals surface area contributed by atoms with Crippen LogP contribution in [0.5, 0.6) is 0 Å². The van der Waals surface area contributed by atoms with Crippen LogP contribution in [0.1, 0.15) is 22.3 Å². The van der Waals surface area contributed by atoms with Crippen molar-refractivity contribution in [3.8, 4) is 22.4 Å². The fourth-order valence-corrected chi connectivity index (χ4v) is 9.48. The van der Waals surface area contributed by atoms with Gasteiger partial charge in [0.1, 0.15) is 0 Å². The molecule has 9 aromatic rings. The van der Waals surface area contributed by atoms with Crippen molar-refractivity contribution >= 4 is 51.1 Å². The lowest BCUT2D eigenvalue weighted by atomic mass is 9.39. The molecule has 8 aromatic carbocycles. The van der Waals surface area contributed by atoms with Crippen LogP contribution < -0.4 is 21.3 Å². The van der Waals surface area contributed by atoms with Gasteiger partial charge in [-0.25, -0.2) is 4.98 Å². The van der Waals surface area contributed by atoms with Crippen LogP contribution in [0.25, 0.3) is 33.3 Å². The lowest BCUT2D eigenvalue weighted by Gasteiger charge is -2.46. The van der Waals surface area contributed by atoms with E-state index in [4.69, 9.17) is 4.98 Å². The molecule has 2 aliphatic heterocycles. The molecular weight excluding hydrogens is 663 g/mol. The maximum absolute atomic E-state index is 5.29. The Morgan fingerprint density at radius 3 is 1.69 bits per heavy atom. The third kappa shape index (κ3) is 4.80. The van der Waals surface area contributed by atoms with E-state index in [0.717, 1.165) is 22.3 Å². The third-order valence-electron chi connectivity index (χ3n) is 11.7. The van der Waals surface area contributed by atoms with Crippen LogP contribution in [0.4, 0.5) is 17.1 Å². The number of aromatic nitrogens is 1. The Balaban J connectivity index is 1.20. The Kier molecular flexibility index (Phi) is 7.21. The zero-order valence-electron chi connectivity index (χ0n) is 30.2. The first-order valence-corrected chi connectivity index (χ1v) is 19.1. The molecule has 55 heavy (non-hydrogen) atoms. The minimum Gasteiger partial charge on any atom is -0.310 e. The average Bonchev–Trinajstić information content (AvgIpc) is 3.58. The van der Waals surface area contributed by atoms with Crippen molar-refractivity contribution in [3.63, 3.8) is 0 Å². The molecule has 0 saturated heterocycles. The van der Waals surface area contributed by atoms with Crippen LogP contribution in [0, 0.1) is 0 Å². The fraction of sp³-hybridized carbons (Fsp3) is 0.0192. The van der Waals surface area contributed by atoms with E-state index in [1.54, 1.807) is 0 Å². The predicted octanol–water partition coefficient (Wildman–Crippen LogP) is 10.6. The molecule has 11 rings (SSSR count). The zero-order valence-corrected chi connectivity index (χ0v) is 30.2.